The third kappa shape index (κ3) is 7.62. The second-order valence-electron chi connectivity index (χ2n) is 3.10. The van der Waals surface area contributed by atoms with Crippen LogP contribution in [0.2, 0.25) is 0 Å². The molecule has 3 heteroatoms. The number of aliphatic hydroxyl groups is 1. The molecule has 0 bridgehead atoms. The molecule has 0 amide bonds. The van der Waals surface area contributed by atoms with Crippen LogP contribution in [0.25, 0.3) is 0 Å². The Labute approximate surface area is 94.0 Å². The minimum absolute atomic E-state index is 0.131. The summed E-state index contributed by atoms with van der Waals surface area (Å²) >= 11 is 7.76. The Morgan fingerprint density at radius 2 is 1.83 bits per heavy atom. The van der Waals surface area contributed by atoms with Gasteiger partial charge in [-0.05, 0) is 6.42 Å². The molecular weight excluding hydrogens is 286 g/mol. The summed E-state index contributed by atoms with van der Waals surface area (Å²) in [5.41, 5.74) is 0. The van der Waals surface area contributed by atoms with Gasteiger partial charge in [0, 0.05) is 0 Å². The molecule has 0 aliphatic heterocycles. The molecule has 2 atom stereocenters. The van der Waals surface area contributed by atoms with E-state index in [1.165, 1.54) is 25.7 Å². The number of halogens is 2. The van der Waals surface area contributed by atoms with Gasteiger partial charge in [0.25, 0.3) is 0 Å². The maximum Gasteiger partial charge on any atom is 0.111 e. The SMILES string of the molecule is CCCCCCCC(O)C(Cl)I. The van der Waals surface area contributed by atoms with Crippen molar-refractivity contribution in [1.29, 1.82) is 0 Å². The van der Waals surface area contributed by atoms with Crippen molar-refractivity contribution in [2.75, 3.05) is 0 Å². The number of unbranched alkanes of at least 4 members (excludes halogenated alkanes) is 4. The molecule has 0 aromatic heterocycles. The van der Waals surface area contributed by atoms with E-state index in [-0.39, 0.29) is 9.49 Å². The molecule has 0 aliphatic carbocycles. The molecule has 0 saturated heterocycles. The lowest BCUT2D eigenvalue weighted by molar-refractivity contribution is 0.179. The molecule has 1 N–H and O–H groups in total. The largest absolute Gasteiger partial charge is 0.391 e. The Hall–Kier alpha value is 0.980. The minimum atomic E-state index is -0.325. The van der Waals surface area contributed by atoms with Crippen molar-refractivity contribution in [2.45, 2.75) is 54.9 Å². The topological polar surface area (TPSA) is 20.2 Å². The summed E-state index contributed by atoms with van der Waals surface area (Å²) in [6.07, 6.45) is 6.72. The van der Waals surface area contributed by atoms with Crippen molar-refractivity contribution in [2.24, 2.45) is 0 Å². The van der Waals surface area contributed by atoms with Gasteiger partial charge in [-0.3, -0.25) is 0 Å². The molecule has 0 heterocycles. The predicted octanol–water partition coefficient (Wildman–Crippen LogP) is 3.71. The highest BCUT2D eigenvalue weighted by Crippen LogP contribution is 2.17. The zero-order valence-electron chi connectivity index (χ0n) is 7.60. The second kappa shape index (κ2) is 8.57. The van der Waals surface area contributed by atoms with Gasteiger partial charge in [0.15, 0.2) is 0 Å². The Balaban J connectivity index is 3.08. The van der Waals surface area contributed by atoms with Crippen molar-refractivity contribution in [3.8, 4) is 0 Å². The second-order valence-corrected chi connectivity index (χ2v) is 5.65. The summed E-state index contributed by atoms with van der Waals surface area (Å²) in [5, 5.41) is 9.34. The first-order chi connectivity index (χ1) is 5.68. The van der Waals surface area contributed by atoms with Gasteiger partial charge >= 0.3 is 0 Å². The molecule has 12 heavy (non-hydrogen) atoms. The van der Waals surface area contributed by atoms with Crippen LogP contribution in [0, 0.1) is 0 Å². The molecule has 0 aromatic rings. The fourth-order valence-corrected chi connectivity index (χ4v) is 1.57. The molecule has 0 saturated carbocycles. The fraction of sp³-hybridized carbons (Fsp3) is 1.00. The number of aliphatic hydroxyl groups excluding tert-OH is 1. The number of hydrogen-bond acceptors (Lipinski definition) is 1. The zero-order chi connectivity index (χ0) is 9.40. The summed E-state index contributed by atoms with van der Waals surface area (Å²) < 4.78 is -0.131. The molecule has 1 nitrogen and oxygen atoms in total. The van der Waals surface area contributed by atoms with E-state index in [1.54, 1.807) is 0 Å². The lowest BCUT2D eigenvalue weighted by atomic mass is 10.1. The van der Waals surface area contributed by atoms with Crippen LogP contribution in [0.5, 0.6) is 0 Å². The van der Waals surface area contributed by atoms with Gasteiger partial charge < -0.3 is 5.11 Å². The van der Waals surface area contributed by atoms with Crippen LogP contribution in [0.4, 0.5) is 0 Å². The van der Waals surface area contributed by atoms with Crippen LogP contribution in [0.15, 0.2) is 0 Å². The summed E-state index contributed by atoms with van der Waals surface area (Å²) in [7, 11) is 0. The minimum Gasteiger partial charge on any atom is -0.391 e. The summed E-state index contributed by atoms with van der Waals surface area (Å²) in [6.45, 7) is 2.20. The highest BCUT2D eigenvalue weighted by atomic mass is 127. The molecule has 0 fully saturated rings. The Bertz CT molecular complexity index is 98.5. The van der Waals surface area contributed by atoms with Crippen molar-refractivity contribution in [3.05, 3.63) is 0 Å². The first kappa shape index (κ1) is 13.0. The van der Waals surface area contributed by atoms with Gasteiger partial charge in [0.2, 0.25) is 0 Å². The quantitative estimate of drug-likeness (QED) is 0.432. The van der Waals surface area contributed by atoms with E-state index in [0.29, 0.717) is 0 Å². The van der Waals surface area contributed by atoms with E-state index in [0.717, 1.165) is 12.8 Å². The van der Waals surface area contributed by atoms with Crippen molar-refractivity contribution >= 4 is 34.2 Å². The van der Waals surface area contributed by atoms with Crippen LogP contribution in [-0.2, 0) is 0 Å². The van der Waals surface area contributed by atoms with Crippen molar-refractivity contribution in [3.63, 3.8) is 0 Å². The van der Waals surface area contributed by atoms with Gasteiger partial charge in [0.05, 0.1) is 6.10 Å². The normalized spacial score (nSPS) is 16.0. The van der Waals surface area contributed by atoms with E-state index in [1.807, 2.05) is 0 Å². The van der Waals surface area contributed by atoms with Gasteiger partial charge in [-0.25, -0.2) is 0 Å². The maximum atomic E-state index is 9.34. The molecule has 0 rings (SSSR count). The molecule has 0 aromatic carbocycles. The van der Waals surface area contributed by atoms with E-state index in [2.05, 4.69) is 29.5 Å². The van der Waals surface area contributed by atoms with E-state index in [9.17, 15) is 5.11 Å². The molecular formula is C9H18ClIO. The smallest absolute Gasteiger partial charge is 0.111 e. The number of hydrogen-bond donors (Lipinski definition) is 1. The van der Waals surface area contributed by atoms with Gasteiger partial charge in [-0.15, -0.1) is 11.6 Å². The van der Waals surface area contributed by atoms with Crippen LogP contribution in [0.3, 0.4) is 0 Å². The van der Waals surface area contributed by atoms with E-state index >= 15 is 0 Å². The third-order valence-electron chi connectivity index (χ3n) is 1.89. The first-order valence-corrected chi connectivity index (χ1v) is 6.33. The van der Waals surface area contributed by atoms with Crippen LogP contribution in [0.1, 0.15) is 45.4 Å². The molecule has 0 spiro atoms. The number of alkyl halides is 2. The standard InChI is InChI=1S/C9H18ClIO/c1-2-3-4-5-6-7-8(12)9(10)11/h8-9,12H,2-7H2,1H3. The van der Waals surface area contributed by atoms with Crippen LogP contribution >= 0.6 is 34.2 Å². The molecule has 74 valence electrons. The average Bonchev–Trinajstić information content (AvgIpc) is 2.03. The number of rotatable bonds is 7. The lowest BCUT2D eigenvalue weighted by Crippen LogP contribution is -2.14. The summed E-state index contributed by atoms with van der Waals surface area (Å²) in [4.78, 5) is 0. The van der Waals surface area contributed by atoms with Crippen molar-refractivity contribution in [1.82, 2.24) is 0 Å². The maximum absolute atomic E-state index is 9.34. The predicted molar refractivity (Wildman–Crippen MR) is 63.0 cm³/mol. The first-order valence-electron chi connectivity index (χ1n) is 4.64. The summed E-state index contributed by atoms with van der Waals surface area (Å²) in [5.74, 6) is 0. The fourth-order valence-electron chi connectivity index (χ4n) is 1.08. The van der Waals surface area contributed by atoms with Gasteiger partial charge in [-0.1, -0.05) is 61.6 Å². The molecule has 0 aliphatic rings. The van der Waals surface area contributed by atoms with Crippen LogP contribution < -0.4 is 0 Å². The Morgan fingerprint density at radius 3 is 2.33 bits per heavy atom. The van der Waals surface area contributed by atoms with Gasteiger partial charge in [-0.2, -0.15) is 0 Å². The van der Waals surface area contributed by atoms with Crippen molar-refractivity contribution < 1.29 is 5.11 Å². The van der Waals surface area contributed by atoms with E-state index < -0.39 is 0 Å². The Morgan fingerprint density at radius 1 is 1.25 bits per heavy atom. The summed E-state index contributed by atoms with van der Waals surface area (Å²) in [6, 6.07) is 0. The lowest BCUT2D eigenvalue weighted by Gasteiger charge is -2.10. The molecule has 0 radical (unpaired) electrons. The van der Waals surface area contributed by atoms with Gasteiger partial charge in [0.1, 0.15) is 3.38 Å². The average molecular weight is 305 g/mol. The monoisotopic (exact) mass is 304 g/mol. The van der Waals surface area contributed by atoms with Crippen LogP contribution in [-0.4, -0.2) is 14.6 Å². The highest BCUT2D eigenvalue weighted by Gasteiger charge is 2.11. The Kier molecular flexibility index (Phi) is 9.27. The zero-order valence-corrected chi connectivity index (χ0v) is 10.5. The third-order valence-corrected chi connectivity index (χ3v) is 3.02. The molecule has 2 unspecified atom stereocenters. The van der Waals surface area contributed by atoms with E-state index in [4.69, 9.17) is 11.6 Å². The highest BCUT2D eigenvalue weighted by molar-refractivity contribution is 14.1.